The molecule has 1 aromatic carbocycles. The number of nitrogens with one attached hydrogen (secondary N) is 1. The summed E-state index contributed by atoms with van der Waals surface area (Å²) in [5.74, 6) is -0.321. The fourth-order valence-electron chi connectivity index (χ4n) is 3.97. The normalized spacial score (nSPS) is 12.6. The van der Waals surface area contributed by atoms with E-state index in [2.05, 4.69) is 81.5 Å². The van der Waals surface area contributed by atoms with Crippen LogP contribution in [0.3, 0.4) is 0 Å². The quantitative estimate of drug-likeness (QED) is 0.105. The number of hydrogen-bond acceptors (Lipinski definition) is 4. The molecule has 0 heterocycles. The van der Waals surface area contributed by atoms with Crippen molar-refractivity contribution in [3.63, 3.8) is 0 Å². The summed E-state index contributed by atoms with van der Waals surface area (Å²) in [6.07, 6.45) is 10.1. The van der Waals surface area contributed by atoms with Gasteiger partial charge < -0.3 is 14.8 Å². The van der Waals surface area contributed by atoms with E-state index in [9.17, 15) is 9.59 Å². The molecule has 5 nitrogen and oxygen atoms in total. The third-order valence-electron chi connectivity index (χ3n) is 6.07. The van der Waals surface area contributed by atoms with Gasteiger partial charge in [-0.05, 0) is 80.7 Å². The highest BCUT2D eigenvalue weighted by Crippen LogP contribution is 2.30. The molecule has 0 bridgehead atoms. The van der Waals surface area contributed by atoms with Gasteiger partial charge in [0.15, 0.2) is 5.76 Å². The minimum atomic E-state index is -0.328. The number of aryl methyl sites for hydroxylation is 1. The van der Waals surface area contributed by atoms with E-state index in [1.165, 1.54) is 23.6 Å². The van der Waals surface area contributed by atoms with Crippen molar-refractivity contribution in [3.05, 3.63) is 58.0 Å². The van der Waals surface area contributed by atoms with E-state index in [1.807, 2.05) is 26.8 Å². The molecule has 222 valence electrons. The number of allylic oxidation sites excluding steroid dienone is 1. The number of unbranched alkanes of at least 4 members (excludes halogenated alkanes) is 3. The van der Waals surface area contributed by atoms with Crippen LogP contribution in [0.4, 0.5) is 0 Å². The van der Waals surface area contributed by atoms with E-state index >= 15 is 0 Å². The fraction of sp³-hybridized carbons (Fsp3) is 0.636. The van der Waals surface area contributed by atoms with Crippen molar-refractivity contribution in [3.8, 4) is 0 Å². The Hall–Kier alpha value is -2.08. The van der Waals surface area contributed by atoms with Crippen molar-refractivity contribution in [2.45, 2.75) is 132 Å². The van der Waals surface area contributed by atoms with E-state index < -0.39 is 0 Å². The molecule has 0 aliphatic carbocycles. The van der Waals surface area contributed by atoms with Crippen molar-refractivity contribution < 1.29 is 19.1 Å². The summed E-state index contributed by atoms with van der Waals surface area (Å²) in [5, 5.41) is 3.18. The summed E-state index contributed by atoms with van der Waals surface area (Å²) in [5.41, 5.74) is 3.30. The number of rotatable bonds is 13. The molecule has 0 aromatic heterocycles. The first-order chi connectivity index (χ1) is 18.0. The Kier molecular flexibility index (Phi) is 17.3. The van der Waals surface area contributed by atoms with Crippen molar-refractivity contribution in [2.24, 2.45) is 5.41 Å². The molecule has 0 fully saturated rings. The van der Waals surface area contributed by atoms with Crippen LogP contribution in [0.5, 0.6) is 0 Å². The van der Waals surface area contributed by atoms with Gasteiger partial charge in [0.2, 0.25) is 0 Å². The predicted octanol–water partition coefficient (Wildman–Crippen LogP) is 9.75. The largest absolute Gasteiger partial charge is 0.460 e. The zero-order chi connectivity index (χ0) is 30.2. The molecule has 1 aromatic rings. The van der Waals surface area contributed by atoms with E-state index in [4.69, 9.17) is 9.47 Å². The van der Waals surface area contributed by atoms with Crippen molar-refractivity contribution >= 4 is 27.8 Å². The van der Waals surface area contributed by atoms with E-state index in [0.717, 1.165) is 55.8 Å². The second-order valence-corrected chi connectivity index (χ2v) is 12.9. The number of esters is 1. The molecular formula is C33H54BrNO4. The van der Waals surface area contributed by atoms with Crippen LogP contribution >= 0.6 is 15.9 Å². The maximum Gasteiger partial charge on any atom is 0.303 e. The van der Waals surface area contributed by atoms with Gasteiger partial charge in [0.25, 0.3) is 5.91 Å². The Morgan fingerprint density at radius 1 is 1.03 bits per heavy atom. The summed E-state index contributed by atoms with van der Waals surface area (Å²) in [6, 6.07) is 6.26. The van der Waals surface area contributed by atoms with Crippen LogP contribution in [-0.4, -0.2) is 17.5 Å². The Bertz CT molecular complexity index is 938. The smallest absolute Gasteiger partial charge is 0.303 e. The van der Waals surface area contributed by atoms with Gasteiger partial charge in [-0.1, -0.05) is 95.8 Å². The lowest BCUT2D eigenvalue weighted by molar-refractivity contribution is -0.151. The van der Waals surface area contributed by atoms with Crippen molar-refractivity contribution in [1.82, 2.24) is 5.32 Å². The third-order valence-corrected chi connectivity index (χ3v) is 6.57. The Labute approximate surface area is 247 Å². The van der Waals surface area contributed by atoms with Crippen molar-refractivity contribution in [2.75, 3.05) is 0 Å². The van der Waals surface area contributed by atoms with Gasteiger partial charge in [0, 0.05) is 11.4 Å². The average Bonchev–Trinajstić information content (AvgIpc) is 2.81. The number of carbonyl (C=O) groups excluding carboxylic acids is 2. The van der Waals surface area contributed by atoms with Crippen LogP contribution in [0, 0.1) is 5.41 Å². The molecule has 1 N–H and O–H groups in total. The first-order valence-electron chi connectivity index (χ1n) is 14.4. The van der Waals surface area contributed by atoms with Crippen molar-refractivity contribution in [1.29, 1.82) is 0 Å². The highest BCUT2D eigenvalue weighted by atomic mass is 79.9. The second kappa shape index (κ2) is 18.3. The molecule has 0 aliphatic rings. The molecule has 1 rings (SSSR count). The third kappa shape index (κ3) is 16.6. The van der Waals surface area contributed by atoms with Crippen LogP contribution in [0.2, 0.25) is 0 Å². The zero-order valence-electron chi connectivity index (χ0n) is 26.3. The first kappa shape index (κ1) is 36.9. The molecular weight excluding hydrogens is 554 g/mol. The lowest BCUT2D eigenvalue weighted by Crippen LogP contribution is -2.30. The molecule has 0 radical (unpaired) electrons. The molecule has 39 heavy (non-hydrogen) atoms. The highest BCUT2D eigenvalue weighted by molar-refractivity contribution is 9.10. The SMILES string of the molecule is C=C(O/C=C(\CCCC)C(C)(C)C)C(=O)NC(CCCCC)c1ccc(Br)cc1CC.CC(=O)OC(C)(C)C. The highest BCUT2D eigenvalue weighted by Gasteiger charge is 2.21. The van der Waals surface area contributed by atoms with Crippen LogP contribution in [0.1, 0.15) is 131 Å². The van der Waals surface area contributed by atoms with E-state index in [-0.39, 0.29) is 34.7 Å². The van der Waals surface area contributed by atoms with E-state index in [1.54, 1.807) is 6.26 Å². The van der Waals surface area contributed by atoms with Gasteiger partial charge in [0.05, 0.1) is 12.3 Å². The number of amides is 1. The summed E-state index contributed by atoms with van der Waals surface area (Å²) in [6.45, 7) is 23.9. The standard InChI is InChI=1S/C27H42BrNO2.C6H12O2/c1-8-11-13-15-25(24-17-16-23(28)18-21(24)10-3)29-26(30)20(4)31-19-22(14-12-9-2)27(5,6)7;1-5(7)8-6(2,3)4/h16-19,25H,4,8-15H2,1-3,5-7H3,(H,29,30);1-4H3/b22-19+;. The van der Waals surface area contributed by atoms with E-state index in [0.29, 0.717) is 0 Å². The monoisotopic (exact) mass is 607 g/mol. The molecule has 1 atom stereocenters. The molecule has 1 unspecified atom stereocenters. The Balaban J connectivity index is 0.00000156. The number of carbonyl (C=O) groups is 2. The van der Waals surface area contributed by atoms with Gasteiger partial charge >= 0.3 is 5.97 Å². The predicted molar refractivity (Wildman–Crippen MR) is 167 cm³/mol. The molecule has 0 spiro atoms. The van der Waals surface area contributed by atoms with Crippen LogP contribution < -0.4 is 5.32 Å². The maximum atomic E-state index is 12.9. The van der Waals surface area contributed by atoms with Gasteiger partial charge in [-0.15, -0.1) is 0 Å². The summed E-state index contributed by atoms with van der Waals surface area (Å²) in [7, 11) is 0. The average molecular weight is 609 g/mol. The topological polar surface area (TPSA) is 64.6 Å². The number of hydrogen-bond donors (Lipinski definition) is 1. The second-order valence-electron chi connectivity index (χ2n) is 12.0. The van der Waals surface area contributed by atoms with Crippen LogP contribution in [0.25, 0.3) is 0 Å². The Morgan fingerprint density at radius 2 is 1.64 bits per heavy atom. The molecule has 6 heteroatoms. The van der Waals surface area contributed by atoms with Crippen LogP contribution in [0.15, 0.2) is 46.8 Å². The lowest BCUT2D eigenvalue weighted by atomic mass is 9.84. The number of benzene rings is 1. The fourth-order valence-corrected chi connectivity index (χ4v) is 4.38. The van der Waals surface area contributed by atoms with Gasteiger partial charge in [-0.2, -0.15) is 0 Å². The van der Waals surface area contributed by atoms with Crippen LogP contribution in [-0.2, 0) is 25.5 Å². The Morgan fingerprint density at radius 3 is 2.10 bits per heavy atom. The summed E-state index contributed by atoms with van der Waals surface area (Å²) < 4.78 is 11.6. The van der Waals surface area contributed by atoms with Gasteiger partial charge in [0.1, 0.15) is 5.60 Å². The first-order valence-corrected chi connectivity index (χ1v) is 15.2. The molecule has 0 saturated heterocycles. The molecule has 0 saturated carbocycles. The zero-order valence-corrected chi connectivity index (χ0v) is 27.8. The minimum Gasteiger partial charge on any atom is -0.460 e. The van der Waals surface area contributed by atoms with Gasteiger partial charge in [-0.25, -0.2) is 0 Å². The summed E-state index contributed by atoms with van der Waals surface area (Å²) in [4.78, 5) is 23.2. The number of ether oxygens (including phenoxy) is 2. The summed E-state index contributed by atoms with van der Waals surface area (Å²) >= 11 is 3.56. The molecule has 1 amide bonds. The minimum absolute atomic E-state index is 0.00205. The molecule has 0 aliphatic heterocycles. The maximum absolute atomic E-state index is 12.9. The number of halogens is 1. The van der Waals surface area contributed by atoms with Gasteiger partial charge in [-0.3, -0.25) is 9.59 Å². The lowest BCUT2D eigenvalue weighted by Gasteiger charge is -2.24.